The molecule has 2 aliphatic heterocycles. The van der Waals surface area contributed by atoms with Crippen LogP contribution in [0.5, 0.6) is 5.75 Å². The lowest BCUT2D eigenvalue weighted by Crippen LogP contribution is -2.30. The summed E-state index contributed by atoms with van der Waals surface area (Å²) < 4.78 is 20.3. The number of rotatable bonds is 5. The molecule has 1 atom stereocenters. The molecule has 0 aliphatic carbocycles. The minimum absolute atomic E-state index is 0.0672. The number of hydrogen-bond acceptors (Lipinski definition) is 5. The Kier molecular flexibility index (Phi) is 6.84. The van der Waals surface area contributed by atoms with Crippen LogP contribution in [-0.4, -0.2) is 37.0 Å². The van der Waals surface area contributed by atoms with Crippen LogP contribution in [0.4, 0.5) is 15.8 Å². The van der Waals surface area contributed by atoms with Crippen molar-refractivity contribution >= 4 is 52.0 Å². The fourth-order valence-electron chi connectivity index (χ4n) is 4.94. The summed E-state index contributed by atoms with van der Waals surface area (Å²) in [6.45, 7) is 1.90. The first-order valence-electron chi connectivity index (χ1n) is 11.8. The van der Waals surface area contributed by atoms with Crippen molar-refractivity contribution in [1.82, 2.24) is 0 Å². The SMILES string of the molecule is COc1c(Cl)cc(/C(O)=C2\C(=O)C(=O)N(c3ccc(N4CCCC4)cc3)C2c2ccccc2F)cc1Cl. The first kappa shape index (κ1) is 25.1. The highest BCUT2D eigenvalue weighted by molar-refractivity contribution is 6.51. The van der Waals surface area contributed by atoms with Gasteiger partial charge in [-0.15, -0.1) is 0 Å². The molecule has 2 fully saturated rings. The number of nitrogens with zero attached hydrogens (tertiary/aromatic N) is 2. The van der Waals surface area contributed by atoms with Gasteiger partial charge in [-0.05, 0) is 55.3 Å². The molecule has 0 bridgehead atoms. The number of carbonyl (C=O) groups is 2. The zero-order valence-corrected chi connectivity index (χ0v) is 21.4. The predicted molar refractivity (Wildman–Crippen MR) is 142 cm³/mol. The van der Waals surface area contributed by atoms with Crippen LogP contribution in [0.3, 0.4) is 0 Å². The summed E-state index contributed by atoms with van der Waals surface area (Å²) in [4.78, 5) is 30.1. The second kappa shape index (κ2) is 10.1. The van der Waals surface area contributed by atoms with Gasteiger partial charge in [-0.2, -0.15) is 0 Å². The number of ether oxygens (including phenoxy) is 1. The van der Waals surface area contributed by atoms with E-state index in [9.17, 15) is 14.7 Å². The summed E-state index contributed by atoms with van der Waals surface area (Å²) in [5.41, 5.74) is 1.30. The lowest BCUT2D eigenvalue weighted by Gasteiger charge is -2.26. The molecule has 190 valence electrons. The molecule has 3 aromatic rings. The Bertz CT molecular complexity index is 1390. The fourth-order valence-corrected chi connectivity index (χ4v) is 5.58. The molecule has 5 rings (SSSR count). The highest BCUT2D eigenvalue weighted by atomic mass is 35.5. The molecule has 0 aromatic heterocycles. The van der Waals surface area contributed by atoms with E-state index in [-0.39, 0.29) is 32.5 Å². The Labute approximate surface area is 223 Å². The smallest absolute Gasteiger partial charge is 0.300 e. The lowest BCUT2D eigenvalue weighted by atomic mass is 9.94. The molecule has 0 radical (unpaired) electrons. The van der Waals surface area contributed by atoms with Gasteiger partial charge in [-0.1, -0.05) is 41.4 Å². The van der Waals surface area contributed by atoms with Crippen molar-refractivity contribution in [3.05, 3.63) is 93.2 Å². The summed E-state index contributed by atoms with van der Waals surface area (Å²) in [5, 5.41) is 11.5. The number of anilines is 2. The molecule has 6 nitrogen and oxygen atoms in total. The summed E-state index contributed by atoms with van der Waals surface area (Å²) in [6, 6.07) is 14.6. The normalized spacial score (nSPS) is 19.1. The Morgan fingerprint density at radius 2 is 1.57 bits per heavy atom. The number of methoxy groups -OCH3 is 1. The van der Waals surface area contributed by atoms with Gasteiger partial charge >= 0.3 is 0 Å². The minimum Gasteiger partial charge on any atom is -0.507 e. The monoisotopic (exact) mass is 540 g/mol. The number of ketones is 1. The number of hydrogen-bond donors (Lipinski definition) is 1. The van der Waals surface area contributed by atoms with E-state index >= 15 is 4.39 Å². The van der Waals surface area contributed by atoms with E-state index in [1.807, 2.05) is 12.1 Å². The number of carbonyl (C=O) groups excluding carboxylic acids is 2. The van der Waals surface area contributed by atoms with Crippen LogP contribution in [0.15, 0.2) is 66.2 Å². The van der Waals surface area contributed by atoms with Crippen molar-refractivity contribution in [2.75, 3.05) is 30.0 Å². The number of amides is 1. The van der Waals surface area contributed by atoms with E-state index in [1.54, 1.807) is 18.2 Å². The first-order chi connectivity index (χ1) is 17.8. The number of aliphatic hydroxyl groups is 1. The predicted octanol–water partition coefficient (Wildman–Crippen LogP) is 6.37. The summed E-state index contributed by atoms with van der Waals surface area (Å²) in [7, 11) is 1.39. The van der Waals surface area contributed by atoms with Crippen LogP contribution >= 0.6 is 23.2 Å². The molecule has 1 unspecified atom stereocenters. The average molecular weight is 541 g/mol. The minimum atomic E-state index is -1.21. The molecule has 9 heteroatoms. The highest BCUT2D eigenvalue weighted by Crippen LogP contribution is 2.44. The van der Waals surface area contributed by atoms with E-state index in [0.29, 0.717) is 5.69 Å². The maximum Gasteiger partial charge on any atom is 0.300 e. The van der Waals surface area contributed by atoms with E-state index in [0.717, 1.165) is 31.6 Å². The maximum absolute atomic E-state index is 15.1. The van der Waals surface area contributed by atoms with E-state index in [2.05, 4.69) is 4.90 Å². The van der Waals surface area contributed by atoms with E-state index in [1.165, 1.54) is 42.3 Å². The summed E-state index contributed by atoms with van der Waals surface area (Å²) in [5.74, 6) is -2.77. The number of halogens is 3. The van der Waals surface area contributed by atoms with Crippen LogP contribution in [0, 0.1) is 5.82 Å². The van der Waals surface area contributed by atoms with Crippen molar-refractivity contribution in [2.45, 2.75) is 18.9 Å². The first-order valence-corrected chi connectivity index (χ1v) is 12.5. The number of benzene rings is 3. The molecule has 2 saturated heterocycles. The number of Topliss-reactive ketones (excluding diaryl/α,β-unsaturated/α-hetero) is 1. The largest absolute Gasteiger partial charge is 0.507 e. The van der Waals surface area contributed by atoms with Gasteiger partial charge < -0.3 is 14.7 Å². The van der Waals surface area contributed by atoms with Crippen molar-refractivity contribution in [3.63, 3.8) is 0 Å². The van der Waals surface area contributed by atoms with Crippen molar-refractivity contribution < 1.29 is 23.8 Å². The molecule has 37 heavy (non-hydrogen) atoms. The van der Waals surface area contributed by atoms with Crippen LogP contribution < -0.4 is 14.5 Å². The molecule has 2 heterocycles. The molecule has 3 aromatic carbocycles. The second-order valence-electron chi connectivity index (χ2n) is 8.87. The third kappa shape index (κ3) is 4.43. The molecular formula is C28H23Cl2FN2O4. The van der Waals surface area contributed by atoms with Crippen molar-refractivity contribution in [1.29, 1.82) is 0 Å². The van der Waals surface area contributed by atoms with Crippen LogP contribution in [0.1, 0.15) is 30.0 Å². The summed E-state index contributed by atoms with van der Waals surface area (Å²) >= 11 is 12.5. The molecule has 0 spiro atoms. The lowest BCUT2D eigenvalue weighted by molar-refractivity contribution is -0.132. The van der Waals surface area contributed by atoms with Crippen molar-refractivity contribution in [2.24, 2.45) is 0 Å². The van der Waals surface area contributed by atoms with Gasteiger partial charge in [0.25, 0.3) is 11.7 Å². The zero-order valence-electron chi connectivity index (χ0n) is 19.9. The van der Waals surface area contributed by atoms with Crippen LogP contribution in [0.25, 0.3) is 5.76 Å². The summed E-state index contributed by atoms with van der Waals surface area (Å²) in [6.07, 6.45) is 2.23. The Morgan fingerprint density at radius 3 is 2.16 bits per heavy atom. The third-order valence-corrected chi connectivity index (χ3v) is 7.28. The van der Waals surface area contributed by atoms with Gasteiger partial charge in [0.1, 0.15) is 11.6 Å². The molecule has 1 amide bonds. The molecule has 0 saturated carbocycles. The quantitative estimate of drug-likeness (QED) is 0.231. The average Bonchev–Trinajstić information content (AvgIpc) is 3.51. The van der Waals surface area contributed by atoms with Gasteiger partial charge in [0.2, 0.25) is 0 Å². The van der Waals surface area contributed by atoms with Gasteiger partial charge in [-0.3, -0.25) is 14.5 Å². The Morgan fingerprint density at radius 1 is 0.973 bits per heavy atom. The van der Waals surface area contributed by atoms with Crippen LogP contribution in [0.2, 0.25) is 10.0 Å². The van der Waals surface area contributed by atoms with Gasteiger partial charge in [0.05, 0.1) is 28.8 Å². The van der Waals surface area contributed by atoms with Gasteiger partial charge in [0.15, 0.2) is 5.75 Å². The fraction of sp³-hybridized carbons (Fsp3) is 0.214. The second-order valence-corrected chi connectivity index (χ2v) is 9.69. The zero-order chi connectivity index (χ0) is 26.3. The standard InChI is InChI=1S/C28H23Cl2FN2O4/c1-37-27-20(29)14-16(15-21(27)30)25(34)23-24(19-6-2-3-7-22(19)31)33(28(36)26(23)35)18-10-8-17(9-11-18)32-12-4-5-13-32/h2-3,6-11,14-15,24,34H,4-5,12-13H2,1H3/b25-23+. The molecule has 2 aliphatic rings. The van der Waals surface area contributed by atoms with Crippen molar-refractivity contribution in [3.8, 4) is 5.75 Å². The van der Waals surface area contributed by atoms with E-state index in [4.69, 9.17) is 27.9 Å². The van der Waals surface area contributed by atoms with Gasteiger partial charge in [0, 0.05) is 35.6 Å². The van der Waals surface area contributed by atoms with E-state index < -0.39 is 29.3 Å². The topological polar surface area (TPSA) is 70.1 Å². The van der Waals surface area contributed by atoms with Gasteiger partial charge in [-0.25, -0.2) is 4.39 Å². The molecular weight excluding hydrogens is 518 g/mol. The Hall–Kier alpha value is -3.55. The third-order valence-electron chi connectivity index (χ3n) is 6.72. The molecule has 1 N–H and O–H groups in total. The Balaban J connectivity index is 1.66. The maximum atomic E-state index is 15.1. The van der Waals surface area contributed by atoms with Crippen LogP contribution in [-0.2, 0) is 9.59 Å². The number of aliphatic hydroxyl groups excluding tert-OH is 1. The highest BCUT2D eigenvalue weighted by Gasteiger charge is 2.48.